The summed E-state index contributed by atoms with van der Waals surface area (Å²) in [6.07, 6.45) is 0. The van der Waals surface area contributed by atoms with Crippen LogP contribution < -0.4 is 0 Å². The summed E-state index contributed by atoms with van der Waals surface area (Å²) in [7, 11) is -1.78. The number of nitrogens with zero attached hydrogens (tertiary/aromatic N) is 1. The fourth-order valence-electron chi connectivity index (χ4n) is 2.01. The minimum absolute atomic E-state index is 0.0475. The molecule has 0 aliphatic carbocycles. The summed E-state index contributed by atoms with van der Waals surface area (Å²) in [5.74, 6) is 0.277. The van der Waals surface area contributed by atoms with Gasteiger partial charge in [0, 0.05) is 26.8 Å². The second-order valence-electron chi connectivity index (χ2n) is 4.55. The average molecular weight is 251 g/mol. The van der Waals surface area contributed by atoms with Gasteiger partial charge in [0.25, 0.3) is 0 Å². The van der Waals surface area contributed by atoms with Crippen molar-refractivity contribution in [2.45, 2.75) is 19.1 Å². The average Bonchev–Trinajstić information content (AvgIpc) is 2.60. The lowest BCUT2D eigenvalue weighted by Crippen LogP contribution is -2.38. The Morgan fingerprint density at radius 3 is 2.56 bits per heavy atom. The van der Waals surface area contributed by atoms with Crippen LogP contribution in [0.4, 0.5) is 0 Å². The van der Waals surface area contributed by atoms with Gasteiger partial charge in [0.2, 0.25) is 10.0 Å². The molecule has 0 saturated carbocycles. The fourth-order valence-corrected chi connectivity index (χ4v) is 3.67. The third-order valence-corrected chi connectivity index (χ3v) is 5.41. The lowest BCUT2D eigenvalue weighted by Gasteiger charge is -2.20. The first kappa shape index (κ1) is 13.9. The molecule has 3 atom stereocenters. The number of hydrogen-bond donors (Lipinski definition) is 1. The van der Waals surface area contributed by atoms with Crippen LogP contribution in [0, 0.1) is 11.8 Å². The molecule has 0 amide bonds. The summed E-state index contributed by atoms with van der Waals surface area (Å²) in [5, 5.41) is 8.59. The molecule has 1 N–H and O–H groups in total. The number of aliphatic hydroxyl groups is 1. The molecule has 1 fully saturated rings. The van der Waals surface area contributed by atoms with Crippen molar-refractivity contribution in [3.8, 4) is 0 Å². The number of methoxy groups -OCH3 is 1. The number of sulfonamides is 1. The molecule has 16 heavy (non-hydrogen) atoms. The first-order valence-corrected chi connectivity index (χ1v) is 7.02. The zero-order valence-electron chi connectivity index (χ0n) is 10.1. The van der Waals surface area contributed by atoms with Crippen molar-refractivity contribution in [2.75, 3.05) is 33.4 Å². The molecule has 5 nitrogen and oxygen atoms in total. The van der Waals surface area contributed by atoms with Crippen molar-refractivity contribution in [1.82, 2.24) is 4.31 Å². The lowest BCUT2D eigenvalue weighted by atomic mass is 10.00. The monoisotopic (exact) mass is 251 g/mol. The van der Waals surface area contributed by atoms with Crippen molar-refractivity contribution in [3.05, 3.63) is 0 Å². The molecular weight excluding hydrogens is 230 g/mol. The SMILES string of the molecule is COC[C@@H](C)S(=O)(=O)N1C[C@@H](CO)[C@H](C)C1. The molecule has 0 radical (unpaired) electrons. The van der Waals surface area contributed by atoms with Gasteiger partial charge in [-0.2, -0.15) is 0 Å². The minimum Gasteiger partial charge on any atom is -0.396 e. The van der Waals surface area contributed by atoms with Crippen LogP contribution >= 0.6 is 0 Å². The summed E-state index contributed by atoms with van der Waals surface area (Å²) >= 11 is 0. The van der Waals surface area contributed by atoms with Gasteiger partial charge in [-0.15, -0.1) is 0 Å². The van der Waals surface area contributed by atoms with E-state index >= 15 is 0 Å². The highest BCUT2D eigenvalue weighted by molar-refractivity contribution is 7.89. The van der Waals surface area contributed by atoms with Crippen LogP contribution in [-0.4, -0.2) is 56.5 Å². The van der Waals surface area contributed by atoms with E-state index in [1.54, 1.807) is 6.92 Å². The van der Waals surface area contributed by atoms with Gasteiger partial charge in [0.1, 0.15) is 0 Å². The summed E-state index contributed by atoms with van der Waals surface area (Å²) in [4.78, 5) is 0. The van der Waals surface area contributed by atoms with Crippen molar-refractivity contribution in [2.24, 2.45) is 11.8 Å². The van der Waals surface area contributed by atoms with Crippen LogP contribution in [0.2, 0.25) is 0 Å². The van der Waals surface area contributed by atoms with E-state index in [0.29, 0.717) is 13.1 Å². The van der Waals surface area contributed by atoms with Crippen LogP contribution in [-0.2, 0) is 14.8 Å². The van der Waals surface area contributed by atoms with Crippen molar-refractivity contribution in [3.63, 3.8) is 0 Å². The van der Waals surface area contributed by atoms with E-state index in [0.717, 1.165) is 0 Å². The number of rotatable bonds is 5. The molecule has 1 saturated heterocycles. The Bertz CT molecular complexity index is 317. The van der Waals surface area contributed by atoms with E-state index in [4.69, 9.17) is 9.84 Å². The molecule has 1 heterocycles. The molecule has 96 valence electrons. The second kappa shape index (κ2) is 5.44. The van der Waals surface area contributed by atoms with E-state index in [1.807, 2.05) is 6.92 Å². The molecule has 0 spiro atoms. The molecular formula is C10H21NO4S. The topological polar surface area (TPSA) is 66.8 Å². The quantitative estimate of drug-likeness (QED) is 0.741. The second-order valence-corrected chi connectivity index (χ2v) is 6.90. The van der Waals surface area contributed by atoms with Crippen LogP contribution in [0.15, 0.2) is 0 Å². The Kier molecular flexibility index (Phi) is 4.73. The highest BCUT2D eigenvalue weighted by Crippen LogP contribution is 2.26. The molecule has 0 aromatic heterocycles. The maximum atomic E-state index is 12.1. The zero-order chi connectivity index (χ0) is 12.3. The zero-order valence-corrected chi connectivity index (χ0v) is 10.9. The minimum atomic E-state index is -3.28. The van der Waals surface area contributed by atoms with Gasteiger partial charge in [0.05, 0.1) is 11.9 Å². The number of hydrogen-bond acceptors (Lipinski definition) is 4. The normalized spacial score (nSPS) is 29.5. The Hall–Kier alpha value is -0.170. The predicted molar refractivity (Wildman–Crippen MR) is 61.6 cm³/mol. The fraction of sp³-hybridized carbons (Fsp3) is 1.00. The maximum Gasteiger partial charge on any atom is 0.219 e. The van der Waals surface area contributed by atoms with E-state index < -0.39 is 15.3 Å². The summed E-state index contributed by atoms with van der Waals surface area (Å²) in [5.41, 5.74) is 0. The Morgan fingerprint density at radius 2 is 2.12 bits per heavy atom. The van der Waals surface area contributed by atoms with E-state index in [9.17, 15) is 8.42 Å². The van der Waals surface area contributed by atoms with Crippen molar-refractivity contribution >= 4 is 10.0 Å². The van der Waals surface area contributed by atoms with Gasteiger partial charge in [-0.1, -0.05) is 6.92 Å². The van der Waals surface area contributed by atoms with E-state index in [1.165, 1.54) is 11.4 Å². The first-order chi connectivity index (χ1) is 7.43. The van der Waals surface area contributed by atoms with Gasteiger partial charge in [0.15, 0.2) is 0 Å². The van der Waals surface area contributed by atoms with Crippen LogP contribution in [0.5, 0.6) is 0 Å². The Labute approximate surface area is 97.4 Å². The Balaban J connectivity index is 2.72. The summed E-state index contributed by atoms with van der Waals surface area (Å²) < 4.78 is 30.5. The molecule has 1 aliphatic heterocycles. The molecule has 1 rings (SSSR count). The van der Waals surface area contributed by atoms with Gasteiger partial charge in [-0.25, -0.2) is 12.7 Å². The molecule has 0 unspecified atom stereocenters. The first-order valence-electron chi connectivity index (χ1n) is 5.52. The third kappa shape index (κ3) is 2.74. The molecule has 0 aromatic rings. The van der Waals surface area contributed by atoms with Crippen LogP contribution in [0.3, 0.4) is 0 Å². The van der Waals surface area contributed by atoms with Gasteiger partial charge in [-0.3, -0.25) is 0 Å². The standard InChI is InChI=1S/C10H21NO4S/c1-8-4-11(5-10(8)6-12)16(13,14)9(2)7-15-3/h8-10,12H,4-7H2,1-3H3/t8-,9-,10+/m1/s1. The predicted octanol–water partition coefficient (Wildman–Crippen LogP) is -0.0887. The Morgan fingerprint density at radius 1 is 1.50 bits per heavy atom. The molecule has 1 aliphatic rings. The van der Waals surface area contributed by atoms with Crippen molar-refractivity contribution < 1.29 is 18.3 Å². The largest absolute Gasteiger partial charge is 0.396 e. The summed E-state index contributed by atoms with van der Waals surface area (Å²) in [6.45, 7) is 4.80. The van der Waals surface area contributed by atoms with Crippen LogP contribution in [0.25, 0.3) is 0 Å². The third-order valence-electron chi connectivity index (χ3n) is 3.24. The number of aliphatic hydroxyl groups excluding tert-OH is 1. The highest BCUT2D eigenvalue weighted by Gasteiger charge is 2.38. The van der Waals surface area contributed by atoms with Gasteiger partial charge in [-0.05, 0) is 18.8 Å². The highest BCUT2D eigenvalue weighted by atomic mass is 32.2. The van der Waals surface area contributed by atoms with E-state index in [2.05, 4.69) is 0 Å². The van der Waals surface area contributed by atoms with E-state index in [-0.39, 0.29) is 25.0 Å². The van der Waals surface area contributed by atoms with Gasteiger partial charge >= 0.3 is 0 Å². The lowest BCUT2D eigenvalue weighted by molar-refractivity contribution is 0.197. The van der Waals surface area contributed by atoms with Gasteiger partial charge < -0.3 is 9.84 Å². The molecule has 0 bridgehead atoms. The molecule has 6 heteroatoms. The smallest absolute Gasteiger partial charge is 0.219 e. The van der Waals surface area contributed by atoms with Crippen LogP contribution in [0.1, 0.15) is 13.8 Å². The summed E-state index contributed by atoms with van der Waals surface area (Å²) in [6, 6.07) is 0. The maximum absolute atomic E-state index is 12.1. The molecule has 0 aromatic carbocycles. The number of ether oxygens (including phenoxy) is 1. The van der Waals surface area contributed by atoms with Crippen molar-refractivity contribution in [1.29, 1.82) is 0 Å².